The predicted octanol–water partition coefficient (Wildman–Crippen LogP) is 3.00. The lowest BCUT2D eigenvalue weighted by molar-refractivity contribution is 0.0531. The minimum absolute atomic E-state index is 0.0501. The number of rotatable bonds is 4. The van der Waals surface area contributed by atoms with E-state index < -0.39 is 0 Å². The molecule has 0 spiro atoms. The quantitative estimate of drug-likeness (QED) is 0.633. The molecule has 28 heavy (non-hydrogen) atoms. The summed E-state index contributed by atoms with van der Waals surface area (Å²) >= 11 is 1.26. The Kier molecular flexibility index (Phi) is 5.28. The molecule has 0 saturated heterocycles. The third-order valence-corrected chi connectivity index (χ3v) is 6.30. The van der Waals surface area contributed by atoms with Crippen molar-refractivity contribution in [2.45, 2.75) is 33.4 Å². The normalized spacial score (nSPS) is 14.6. The van der Waals surface area contributed by atoms with E-state index in [1.165, 1.54) is 16.9 Å². The smallest absolute Gasteiger partial charge is 0.348 e. The average molecular weight is 398 g/mol. The van der Waals surface area contributed by atoms with Crippen LogP contribution in [0.1, 0.15) is 33.5 Å². The van der Waals surface area contributed by atoms with E-state index in [4.69, 9.17) is 9.72 Å². The van der Waals surface area contributed by atoms with Crippen molar-refractivity contribution < 1.29 is 9.53 Å². The molecule has 3 heterocycles. The highest BCUT2D eigenvalue weighted by atomic mass is 32.1. The lowest BCUT2D eigenvalue weighted by Crippen LogP contribution is -2.28. The molecule has 0 atom stereocenters. The highest BCUT2D eigenvalue weighted by Crippen LogP contribution is 2.28. The summed E-state index contributed by atoms with van der Waals surface area (Å²) in [5.74, 6) is 0.418. The Morgan fingerprint density at radius 2 is 2.00 bits per heavy atom. The van der Waals surface area contributed by atoms with Gasteiger partial charge in [0, 0.05) is 32.6 Å². The van der Waals surface area contributed by atoms with Gasteiger partial charge in [0.25, 0.3) is 5.56 Å². The molecule has 0 amide bonds. The van der Waals surface area contributed by atoms with Gasteiger partial charge in [0.2, 0.25) is 0 Å². The van der Waals surface area contributed by atoms with Crippen molar-refractivity contribution >= 4 is 27.5 Å². The van der Waals surface area contributed by atoms with Crippen LogP contribution in [0.25, 0.3) is 10.2 Å². The fourth-order valence-corrected chi connectivity index (χ4v) is 4.77. The number of hydrogen-bond acceptors (Lipinski definition) is 6. The number of hydrogen-bond donors (Lipinski definition) is 0. The molecule has 1 aliphatic heterocycles. The summed E-state index contributed by atoms with van der Waals surface area (Å²) in [6.45, 7) is 7.01. The Morgan fingerprint density at radius 3 is 2.75 bits per heavy atom. The molecule has 0 radical (unpaired) electrons. The van der Waals surface area contributed by atoms with Gasteiger partial charge in [-0.25, -0.2) is 9.78 Å². The fourth-order valence-electron chi connectivity index (χ4n) is 3.68. The number of carbonyl (C=O) groups is 1. The van der Waals surface area contributed by atoms with Crippen LogP contribution < -0.4 is 5.56 Å². The second-order valence-corrected chi connectivity index (χ2v) is 7.95. The van der Waals surface area contributed by atoms with E-state index in [1.54, 1.807) is 18.4 Å². The Morgan fingerprint density at radius 1 is 1.21 bits per heavy atom. The lowest BCUT2D eigenvalue weighted by Gasteiger charge is -2.19. The summed E-state index contributed by atoms with van der Waals surface area (Å²) < 4.78 is 6.90. The Hall–Kier alpha value is -2.51. The van der Waals surface area contributed by atoms with E-state index in [0.717, 1.165) is 25.5 Å². The van der Waals surface area contributed by atoms with E-state index in [9.17, 15) is 9.59 Å². The maximum atomic E-state index is 13.2. The van der Waals surface area contributed by atoms with Crippen molar-refractivity contribution in [1.82, 2.24) is 14.5 Å². The average Bonchev–Trinajstić information content (AvgIpc) is 2.89. The number of aryl methyl sites for hydroxylation is 1. The highest BCUT2D eigenvalue weighted by molar-refractivity contribution is 7.20. The lowest BCUT2D eigenvalue weighted by atomic mass is 10.2. The predicted molar refractivity (Wildman–Crippen MR) is 110 cm³/mol. The molecule has 6 nitrogen and oxygen atoms in total. The van der Waals surface area contributed by atoms with Gasteiger partial charge in [-0.1, -0.05) is 30.3 Å². The minimum atomic E-state index is -0.378. The molecule has 3 aromatic rings. The Balaban J connectivity index is 1.64. The molecule has 4 rings (SSSR count). The summed E-state index contributed by atoms with van der Waals surface area (Å²) in [7, 11) is 0. The second kappa shape index (κ2) is 7.85. The van der Waals surface area contributed by atoms with Gasteiger partial charge in [0.05, 0.1) is 12.0 Å². The molecule has 0 aliphatic carbocycles. The number of thiophene rings is 1. The van der Waals surface area contributed by atoms with Crippen LogP contribution in [0.15, 0.2) is 35.1 Å². The Labute approximate surface area is 167 Å². The largest absolute Gasteiger partial charge is 0.462 e. The van der Waals surface area contributed by atoms with E-state index >= 15 is 0 Å². The summed E-state index contributed by atoms with van der Waals surface area (Å²) in [5.41, 5.74) is 1.90. The molecule has 146 valence electrons. The minimum Gasteiger partial charge on any atom is -0.462 e. The molecule has 7 heteroatoms. The Bertz CT molecular complexity index is 1070. The zero-order valence-electron chi connectivity index (χ0n) is 16.1. The van der Waals surface area contributed by atoms with E-state index in [1.807, 2.05) is 18.2 Å². The zero-order chi connectivity index (χ0) is 19.7. The van der Waals surface area contributed by atoms with Crippen LogP contribution in [0.2, 0.25) is 0 Å². The van der Waals surface area contributed by atoms with Crippen molar-refractivity contribution in [3.63, 3.8) is 0 Å². The van der Waals surface area contributed by atoms with Crippen molar-refractivity contribution in [3.8, 4) is 0 Å². The van der Waals surface area contributed by atoms with E-state index in [-0.39, 0.29) is 11.5 Å². The third kappa shape index (κ3) is 3.47. The fraction of sp³-hybridized carbons (Fsp3) is 0.381. The number of carbonyl (C=O) groups excluding carboxylic acids is 1. The maximum Gasteiger partial charge on any atom is 0.348 e. The number of benzene rings is 1. The van der Waals surface area contributed by atoms with Crippen molar-refractivity contribution in [2.75, 3.05) is 19.7 Å². The number of esters is 1. The third-order valence-electron chi connectivity index (χ3n) is 5.13. The van der Waals surface area contributed by atoms with Gasteiger partial charge in [-0.15, -0.1) is 11.3 Å². The first-order valence-corrected chi connectivity index (χ1v) is 10.4. The molecular formula is C21H23N3O3S. The first-order valence-electron chi connectivity index (χ1n) is 9.54. The van der Waals surface area contributed by atoms with E-state index in [0.29, 0.717) is 40.2 Å². The van der Waals surface area contributed by atoms with Gasteiger partial charge in [-0.3, -0.25) is 14.3 Å². The van der Waals surface area contributed by atoms with Gasteiger partial charge >= 0.3 is 5.97 Å². The first-order chi connectivity index (χ1) is 13.6. The van der Waals surface area contributed by atoms with Crippen LogP contribution in [0, 0.1) is 6.92 Å². The SMILES string of the molecule is CCOC(=O)c1sc2nc3n(c(=O)c2c1C)CCN(Cc1ccccc1)CC3. The van der Waals surface area contributed by atoms with Crippen LogP contribution in [0.5, 0.6) is 0 Å². The van der Waals surface area contributed by atoms with Crippen molar-refractivity contribution in [1.29, 1.82) is 0 Å². The summed E-state index contributed by atoms with van der Waals surface area (Å²) in [4.78, 5) is 33.6. The topological polar surface area (TPSA) is 64.4 Å². The molecule has 0 fully saturated rings. The molecular weight excluding hydrogens is 374 g/mol. The zero-order valence-corrected chi connectivity index (χ0v) is 16.9. The molecule has 0 saturated carbocycles. The molecule has 2 aromatic heterocycles. The monoisotopic (exact) mass is 397 g/mol. The van der Waals surface area contributed by atoms with Gasteiger partial charge in [-0.05, 0) is 25.0 Å². The molecule has 0 bridgehead atoms. The van der Waals surface area contributed by atoms with Gasteiger partial charge in [-0.2, -0.15) is 0 Å². The summed E-state index contributed by atoms with van der Waals surface area (Å²) in [6.07, 6.45) is 0.712. The summed E-state index contributed by atoms with van der Waals surface area (Å²) in [6, 6.07) is 10.4. The van der Waals surface area contributed by atoms with Crippen LogP contribution in [0.4, 0.5) is 0 Å². The highest BCUT2D eigenvalue weighted by Gasteiger charge is 2.24. The number of nitrogens with zero attached hydrogens (tertiary/aromatic N) is 3. The molecule has 1 aromatic carbocycles. The second-order valence-electron chi connectivity index (χ2n) is 6.95. The molecule has 0 unspecified atom stereocenters. The molecule has 1 aliphatic rings. The maximum absolute atomic E-state index is 13.2. The first kappa shape index (κ1) is 18.8. The number of aromatic nitrogens is 2. The number of fused-ring (bicyclic) bond motifs is 2. The molecule has 0 N–H and O–H groups in total. The van der Waals surface area contributed by atoms with Crippen LogP contribution in [-0.2, 0) is 24.2 Å². The van der Waals surface area contributed by atoms with Crippen molar-refractivity contribution in [3.05, 3.63) is 62.5 Å². The van der Waals surface area contributed by atoms with E-state index in [2.05, 4.69) is 17.0 Å². The van der Waals surface area contributed by atoms with Crippen molar-refractivity contribution in [2.24, 2.45) is 0 Å². The van der Waals surface area contributed by atoms with Gasteiger partial charge < -0.3 is 4.74 Å². The van der Waals surface area contributed by atoms with Crippen LogP contribution >= 0.6 is 11.3 Å². The van der Waals surface area contributed by atoms with Crippen LogP contribution in [-0.4, -0.2) is 40.1 Å². The van der Waals surface area contributed by atoms with Gasteiger partial charge in [0.15, 0.2) is 0 Å². The summed E-state index contributed by atoms with van der Waals surface area (Å²) in [5, 5.41) is 0.549. The number of ether oxygens (including phenoxy) is 1. The van der Waals surface area contributed by atoms with Gasteiger partial charge in [0.1, 0.15) is 15.5 Å². The standard InChI is InChI=1S/C21H23N3O3S/c1-3-27-21(26)18-14(2)17-19(28-18)22-16-9-10-23(11-12-24(16)20(17)25)13-15-7-5-4-6-8-15/h4-8H,3,9-13H2,1-2H3. The van der Waals surface area contributed by atoms with Crippen LogP contribution in [0.3, 0.4) is 0 Å².